The summed E-state index contributed by atoms with van der Waals surface area (Å²) >= 11 is 0. The SMILES string of the molecule is Cc1ccc(C2(c3ccc(-c4cc(-c5ccc6cc(C)ccc6c5)cc5c4-c4ccccc4C5(c4ccc(C)cc4)c4ccc(C)cc4)cc3)c3ccccc3-c3c(-c4ccc5cc(C)ccc5c4)cccc32)cc1. The second-order valence-corrected chi connectivity index (χ2v) is 21.6. The summed E-state index contributed by atoms with van der Waals surface area (Å²) in [6.07, 6.45) is 0. The predicted octanol–water partition coefficient (Wildman–Crippen LogP) is 19.3. The third-order valence-electron chi connectivity index (χ3n) is 16.9. The van der Waals surface area contributed by atoms with Gasteiger partial charge in [-0.05, 0) is 181 Å². The highest BCUT2D eigenvalue weighted by molar-refractivity contribution is 6.01. The monoisotopic (exact) mass is 956 g/mol. The summed E-state index contributed by atoms with van der Waals surface area (Å²) in [6, 6.07) is 95.6. The van der Waals surface area contributed by atoms with E-state index in [-0.39, 0.29) is 0 Å². The van der Waals surface area contributed by atoms with E-state index in [0.29, 0.717) is 0 Å². The molecule has 0 N–H and O–H groups in total. The summed E-state index contributed by atoms with van der Waals surface area (Å²) in [6.45, 7) is 10.9. The Balaban J connectivity index is 1.03. The molecule has 0 nitrogen and oxygen atoms in total. The molecule has 0 heterocycles. The van der Waals surface area contributed by atoms with Crippen LogP contribution < -0.4 is 0 Å². The number of aryl methyl sites for hydroxylation is 5. The van der Waals surface area contributed by atoms with Crippen LogP contribution >= 0.6 is 0 Å². The molecule has 0 spiro atoms. The Labute approximate surface area is 441 Å². The van der Waals surface area contributed by atoms with Gasteiger partial charge in [0.25, 0.3) is 0 Å². The summed E-state index contributed by atoms with van der Waals surface area (Å²) in [5.41, 5.74) is 27.9. The van der Waals surface area contributed by atoms with Gasteiger partial charge in [0.15, 0.2) is 0 Å². The molecule has 0 saturated carbocycles. The van der Waals surface area contributed by atoms with Crippen molar-refractivity contribution in [2.24, 2.45) is 0 Å². The summed E-state index contributed by atoms with van der Waals surface area (Å²) in [5, 5.41) is 5.03. The maximum Gasteiger partial charge on any atom is 0.0714 e. The lowest BCUT2D eigenvalue weighted by Gasteiger charge is -2.35. The molecule has 75 heavy (non-hydrogen) atoms. The van der Waals surface area contributed by atoms with E-state index in [1.54, 1.807) is 0 Å². The summed E-state index contributed by atoms with van der Waals surface area (Å²) < 4.78 is 0. The molecule has 0 heteroatoms. The van der Waals surface area contributed by atoms with Crippen molar-refractivity contribution in [3.8, 4) is 55.6 Å². The first-order chi connectivity index (χ1) is 36.7. The molecule has 0 aromatic heterocycles. The minimum atomic E-state index is -0.575. The van der Waals surface area contributed by atoms with Gasteiger partial charge < -0.3 is 0 Å². The highest BCUT2D eigenvalue weighted by Gasteiger charge is 2.49. The van der Waals surface area contributed by atoms with Crippen LogP contribution in [0.1, 0.15) is 72.3 Å². The molecule has 2 aliphatic carbocycles. The fraction of sp³-hybridized carbons (Fsp3) is 0.0933. The van der Waals surface area contributed by atoms with Gasteiger partial charge >= 0.3 is 0 Å². The third kappa shape index (κ3) is 6.82. The first-order valence-electron chi connectivity index (χ1n) is 26.5. The number of hydrogen-bond acceptors (Lipinski definition) is 0. The van der Waals surface area contributed by atoms with Crippen molar-refractivity contribution in [2.75, 3.05) is 0 Å². The van der Waals surface area contributed by atoms with Crippen LogP contribution in [0.5, 0.6) is 0 Å². The van der Waals surface area contributed by atoms with Gasteiger partial charge in [-0.15, -0.1) is 0 Å². The normalized spacial score (nSPS) is 14.9. The molecule has 0 amide bonds. The highest BCUT2D eigenvalue weighted by atomic mass is 14.5. The zero-order chi connectivity index (χ0) is 50.6. The molecule has 2 aliphatic rings. The summed E-state index contributed by atoms with van der Waals surface area (Å²) in [7, 11) is 0. The van der Waals surface area contributed by atoms with Gasteiger partial charge in [0.2, 0.25) is 0 Å². The van der Waals surface area contributed by atoms with Crippen LogP contribution in [0.3, 0.4) is 0 Å². The van der Waals surface area contributed by atoms with Crippen molar-refractivity contribution >= 4 is 21.5 Å². The molecular weight excluding hydrogens is 901 g/mol. The number of rotatable bonds is 7. The molecular formula is C75H56. The quantitative estimate of drug-likeness (QED) is 0.149. The molecule has 0 bridgehead atoms. The van der Waals surface area contributed by atoms with Crippen molar-refractivity contribution in [3.05, 3.63) is 321 Å². The van der Waals surface area contributed by atoms with E-state index in [1.165, 1.54) is 150 Å². The van der Waals surface area contributed by atoms with E-state index in [2.05, 4.69) is 283 Å². The van der Waals surface area contributed by atoms with E-state index in [9.17, 15) is 0 Å². The zero-order valence-electron chi connectivity index (χ0n) is 43.2. The van der Waals surface area contributed by atoms with E-state index in [1.807, 2.05) is 0 Å². The van der Waals surface area contributed by atoms with Crippen LogP contribution in [0.25, 0.3) is 77.2 Å². The van der Waals surface area contributed by atoms with Gasteiger partial charge in [-0.3, -0.25) is 0 Å². The van der Waals surface area contributed by atoms with Crippen molar-refractivity contribution < 1.29 is 0 Å². The maximum absolute atomic E-state index is 2.52. The summed E-state index contributed by atoms with van der Waals surface area (Å²) in [5.74, 6) is 0. The fourth-order valence-corrected chi connectivity index (χ4v) is 13.3. The van der Waals surface area contributed by atoms with Gasteiger partial charge in [0.1, 0.15) is 0 Å². The Kier molecular flexibility index (Phi) is 10.2. The molecule has 12 aromatic carbocycles. The maximum atomic E-state index is 2.52. The molecule has 0 radical (unpaired) electrons. The zero-order valence-corrected chi connectivity index (χ0v) is 43.2. The van der Waals surface area contributed by atoms with Crippen molar-refractivity contribution in [1.29, 1.82) is 0 Å². The Morgan fingerprint density at radius 1 is 0.213 bits per heavy atom. The van der Waals surface area contributed by atoms with Gasteiger partial charge in [0.05, 0.1) is 10.8 Å². The van der Waals surface area contributed by atoms with Gasteiger partial charge in [-0.2, -0.15) is 0 Å². The van der Waals surface area contributed by atoms with E-state index >= 15 is 0 Å². The fourth-order valence-electron chi connectivity index (χ4n) is 13.3. The van der Waals surface area contributed by atoms with Crippen LogP contribution in [0, 0.1) is 34.6 Å². The van der Waals surface area contributed by atoms with Gasteiger partial charge in [0, 0.05) is 0 Å². The topological polar surface area (TPSA) is 0 Å². The van der Waals surface area contributed by atoms with Crippen LogP contribution in [-0.2, 0) is 10.8 Å². The second kappa shape index (κ2) is 17.1. The van der Waals surface area contributed by atoms with Crippen molar-refractivity contribution in [1.82, 2.24) is 0 Å². The minimum Gasteiger partial charge on any atom is -0.0619 e. The predicted molar refractivity (Wildman–Crippen MR) is 316 cm³/mol. The van der Waals surface area contributed by atoms with Crippen LogP contribution in [0.15, 0.2) is 249 Å². The Morgan fingerprint density at radius 3 is 1.12 bits per heavy atom. The van der Waals surface area contributed by atoms with E-state index < -0.39 is 10.8 Å². The van der Waals surface area contributed by atoms with Crippen molar-refractivity contribution in [3.63, 3.8) is 0 Å². The number of fused-ring (bicyclic) bond motifs is 8. The average molecular weight is 957 g/mol. The van der Waals surface area contributed by atoms with Gasteiger partial charge in [-0.1, -0.05) is 252 Å². The lowest BCUT2D eigenvalue weighted by Crippen LogP contribution is -2.28. The van der Waals surface area contributed by atoms with E-state index in [0.717, 1.165) is 0 Å². The van der Waals surface area contributed by atoms with Crippen LogP contribution in [-0.4, -0.2) is 0 Å². The van der Waals surface area contributed by atoms with Crippen LogP contribution in [0.2, 0.25) is 0 Å². The lowest BCUT2D eigenvalue weighted by atomic mass is 9.66. The second-order valence-electron chi connectivity index (χ2n) is 21.6. The molecule has 1 atom stereocenters. The molecule has 356 valence electrons. The highest BCUT2D eigenvalue weighted by Crippen LogP contribution is 2.61. The smallest absolute Gasteiger partial charge is 0.0619 e. The van der Waals surface area contributed by atoms with Crippen LogP contribution in [0.4, 0.5) is 0 Å². The first-order valence-corrected chi connectivity index (χ1v) is 26.5. The standard InChI is InChI=1S/C75H56/c1-47-19-33-60(34-20-47)74(68-14-8-6-11-65(68)72-64(13-10-16-70(72)74)58-30-29-54-42-51(5)18-26-56(54)44-58)63-39-31-52(32-40-63)67-45-59(57-28-27-53-41-50(4)17-25-55(53)43-57)46-71-73(67)66-12-7-9-15-69(66)75(71,61-35-21-48(2)22-36-61)62-37-23-49(3)24-38-62/h6-46H,1-5H3. The largest absolute Gasteiger partial charge is 0.0714 e. The molecule has 12 aromatic rings. The van der Waals surface area contributed by atoms with E-state index in [4.69, 9.17) is 0 Å². The molecule has 1 unspecified atom stereocenters. The molecule has 14 rings (SSSR count). The molecule has 0 aliphatic heterocycles. The number of benzene rings is 12. The Morgan fingerprint density at radius 2 is 0.587 bits per heavy atom. The minimum absolute atomic E-state index is 0.569. The van der Waals surface area contributed by atoms with Gasteiger partial charge in [-0.25, -0.2) is 0 Å². The van der Waals surface area contributed by atoms with Crippen molar-refractivity contribution in [2.45, 2.75) is 45.4 Å². The molecule has 0 fully saturated rings. The Bertz CT molecular complexity index is 4200. The third-order valence-corrected chi connectivity index (χ3v) is 16.9. The lowest BCUT2D eigenvalue weighted by molar-refractivity contribution is 0.767. The first kappa shape index (κ1) is 44.8. The number of hydrogen-bond donors (Lipinski definition) is 0. The Hall–Kier alpha value is -8.84. The average Bonchev–Trinajstić information content (AvgIpc) is 3.93. The summed E-state index contributed by atoms with van der Waals surface area (Å²) in [4.78, 5) is 0. The molecule has 0 saturated heterocycles.